The minimum Gasteiger partial charge on any atom is -0.390 e. The summed E-state index contributed by atoms with van der Waals surface area (Å²) in [5.74, 6) is 0.829. The van der Waals surface area contributed by atoms with E-state index in [-0.39, 0.29) is 5.60 Å². The standard InChI is InChI=1S/C9H18O/c1-3-4-5-8-6-9(2,10)7-8/h8,10H,3-7H2,1-2H3. The Hall–Kier alpha value is -0.0400. The molecule has 1 heteroatoms. The maximum atomic E-state index is 9.38. The largest absolute Gasteiger partial charge is 0.390 e. The second kappa shape index (κ2) is 2.91. The molecule has 0 aromatic rings. The first-order valence-electron chi connectivity index (χ1n) is 4.36. The lowest BCUT2D eigenvalue weighted by atomic mass is 9.70. The zero-order chi connectivity index (χ0) is 7.61. The molecular weight excluding hydrogens is 124 g/mol. The third-order valence-corrected chi connectivity index (χ3v) is 2.42. The van der Waals surface area contributed by atoms with Gasteiger partial charge in [-0.3, -0.25) is 0 Å². The first-order valence-corrected chi connectivity index (χ1v) is 4.36. The first kappa shape index (κ1) is 8.06. The van der Waals surface area contributed by atoms with Crippen LogP contribution >= 0.6 is 0 Å². The lowest BCUT2D eigenvalue weighted by molar-refractivity contribution is -0.0597. The van der Waals surface area contributed by atoms with E-state index in [0.717, 1.165) is 18.8 Å². The van der Waals surface area contributed by atoms with Gasteiger partial charge in [0.2, 0.25) is 0 Å². The van der Waals surface area contributed by atoms with Crippen LogP contribution in [0.1, 0.15) is 46.0 Å². The number of aliphatic hydroxyl groups is 1. The first-order chi connectivity index (χ1) is 4.64. The average molecular weight is 142 g/mol. The lowest BCUT2D eigenvalue weighted by Crippen LogP contribution is -2.40. The van der Waals surface area contributed by atoms with E-state index in [2.05, 4.69) is 6.92 Å². The molecule has 0 aliphatic heterocycles. The van der Waals surface area contributed by atoms with E-state index < -0.39 is 0 Å². The Bertz CT molecular complexity index is 99.3. The summed E-state index contributed by atoms with van der Waals surface area (Å²) in [6.45, 7) is 4.16. The van der Waals surface area contributed by atoms with Crippen LogP contribution in [0, 0.1) is 5.92 Å². The van der Waals surface area contributed by atoms with Crippen molar-refractivity contribution in [3.05, 3.63) is 0 Å². The van der Waals surface area contributed by atoms with E-state index in [0.29, 0.717) is 0 Å². The summed E-state index contributed by atoms with van der Waals surface area (Å²) < 4.78 is 0. The smallest absolute Gasteiger partial charge is 0.0625 e. The molecule has 0 heterocycles. The summed E-state index contributed by atoms with van der Waals surface area (Å²) in [7, 11) is 0. The molecule has 0 radical (unpaired) electrons. The summed E-state index contributed by atoms with van der Waals surface area (Å²) >= 11 is 0. The molecule has 1 rings (SSSR count). The Balaban J connectivity index is 2.03. The van der Waals surface area contributed by atoms with E-state index in [4.69, 9.17) is 0 Å². The third kappa shape index (κ3) is 1.98. The molecule has 60 valence electrons. The van der Waals surface area contributed by atoms with Crippen molar-refractivity contribution in [3.63, 3.8) is 0 Å². The van der Waals surface area contributed by atoms with E-state index >= 15 is 0 Å². The lowest BCUT2D eigenvalue weighted by Gasteiger charge is -2.41. The van der Waals surface area contributed by atoms with Crippen molar-refractivity contribution in [2.75, 3.05) is 0 Å². The van der Waals surface area contributed by atoms with Crippen molar-refractivity contribution in [1.82, 2.24) is 0 Å². The Kier molecular flexibility index (Phi) is 2.35. The van der Waals surface area contributed by atoms with Gasteiger partial charge in [-0.25, -0.2) is 0 Å². The maximum Gasteiger partial charge on any atom is 0.0625 e. The molecule has 0 saturated heterocycles. The molecule has 1 aliphatic rings. The Morgan fingerprint density at radius 3 is 2.50 bits per heavy atom. The molecule has 1 saturated carbocycles. The predicted molar refractivity (Wildman–Crippen MR) is 42.9 cm³/mol. The predicted octanol–water partition coefficient (Wildman–Crippen LogP) is 2.34. The van der Waals surface area contributed by atoms with Crippen LogP contribution in [0.25, 0.3) is 0 Å². The SMILES string of the molecule is CCCCC1CC(C)(O)C1. The van der Waals surface area contributed by atoms with Crippen molar-refractivity contribution >= 4 is 0 Å². The zero-order valence-electron chi connectivity index (χ0n) is 7.06. The average Bonchev–Trinajstić information content (AvgIpc) is 1.78. The molecule has 0 amide bonds. The van der Waals surface area contributed by atoms with Crippen LogP contribution < -0.4 is 0 Å². The van der Waals surface area contributed by atoms with Crippen LogP contribution in [-0.2, 0) is 0 Å². The van der Waals surface area contributed by atoms with Crippen molar-refractivity contribution in [2.45, 2.75) is 51.6 Å². The van der Waals surface area contributed by atoms with Gasteiger partial charge >= 0.3 is 0 Å². The van der Waals surface area contributed by atoms with Crippen molar-refractivity contribution < 1.29 is 5.11 Å². The van der Waals surface area contributed by atoms with Gasteiger partial charge in [-0.05, 0) is 25.7 Å². The quantitative estimate of drug-likeness (QED) is 0.641. The van der Waals surface area contributed by atoms with Crippen LogP contribution in [0.3, 0.4) is 0 Å². The van der Waals surface area contributed by atoms with Crippen LogP contribution in [0.5, 0.6) is 0 Å². The van der Waals surface area contributed by atoms with Crippen LogP contribution in [-0.4, -0.2) is 10.7 Å². The highest BCUT2D eigenvalue weighted by atomic mass is 16.3. The summed E-state index contributed by atoms with van der Waals surface area (Å²) in [5, 5.41) is 9.38. The molecular formula is C9H18O. The highest BCUT2D eigenvalue weighted by Gasteiger charge is 2.37. The molecule has 10 heavy (non-hydrogen) atoms. The number of unbranched alkanes of at least 4 members (excludes halogenated alkanes) is 1. The normalized spacial score (nSPS) is 39.3. The van der Waals surface area contributed by atoms with Gasteiger partial charge in [-0.2, -0.15) is 0 Å². The highest BCUT2D eigenvalue weighted by Crippen LogP contribution is 2.39. The Labute approximate surface area is 63.4 Å². The molecule has 1 N–H and O–H groups in total. The van der Waals surface area contributed by atoms with Gasteiger partial charge in [0.05, 0.1) is 5.60 Å². The molecule has 0 spiro atoms. The Morgan fingerprint density at radius 1 is 1.50 bits per heavy atom. The van der Waals surface area contributed by atoms with Gasteiger partial charge in [0, 0.05) is 0 Å². The highest BCUT2D eigenvalue weighted by molar-refractivity contribution is 4.89. The topological polar surface area (TPSA) is 20.2 Å². The summed E-state index contributed by atoms with van der Waals surface area (Å²) in [6, 6.07) is 0. The molecule has 0 atom stereocenters. The van der Waals surface area contributed by atoms with E-state index in [1.807, 2.05) is 6.92 Å². The molecule has 0 unspecified atom stereocenters. The van der Waals surface area contributed by atoms with Gasteiger partial charge in [0.1, 0.15) is 0 Å². The Morgan fingerprint density at radius 2 is 2.10 bits per heavy atom. The second-order valence-corrected chi connectivity index (χ2v) is 3.91. The van der Waals surface area contributed by atoms with Gasteiger partial charge in [0.15, 0.2) is 0 Å². The molecule has 1 aliphatic carbocycles. The second-order valence-electron chi connectivity index (χ2n) is 3.91. The van der Waals surface area contributed by atoms with Crippen LogP contribution in [0.4, 0.5) is 0 Å². The summed E-state index contributed by atoms with van der Waals surface area (Å²) in [4.78, 5) is 0. The minimum absolute atomic E-state index is 0.307. The molecule has 1 nitrogen and oxygen atoms in total. The number of hydrogen-bond donors (Lipinski definition) is 1. The summed E-state index contributed by atoms with van der Waals surface area (Å²) in [6.07, 6.45) is 6.02. The third-order valence-electron chi connectivity index (χ3n) is 2.42. The van der Waals surface area contributed by atoms with E-state index in [1.165, 1.54) is 19.3 Å². The van der Waals surface area contributed by atoms with E-state index in [9.17, 15) is 5.11 Å². The van der Waals surface area contributed by atoms with Gasteiger partial charge in [0.25, 0.3) is 0 Å². The zero-order valence-corrected chi connectivity index (χ0v) is 7.06. The van der Waals surface area contributed by atoms with Gasteiger partial charge in [-0.1, -0.05) is 26.2 Å². The van der Waals surface area contributed by atoms with Crippen LogP contribution in [0.15, 0.2) is 0 Å². The maximum absolute atomic E-state index is 9.38. The minimum atomic E-state index is -0.307. The molecule has 0 aromatic carbocycles. The van der Waals surface area contributed by atoms with E-state index in [1.54, 1.807) is 0 Å². The fourth-order valence-corrected chi connectivity index (χ4v) is 1.88. The fourth-order valence-electron chi connectivity index (χ4n) is 1.88. The van der Waals surface area contributed by atoms with Crippen molar-refractivity contribution in [2.24, 2.45) is 5.92 Å². The van der Waals surface area contributed by atoms with Crippen molar-refractivity contribution in [3.8, 4) is 0 Å². The molecule has 0 aromatic heterocycles. The summed E-state index contributed by atoms with van der Waals surface area (Å²) in [5.41, 5.74) is -0.307. The monoisotopic (exact) mass is 142 g/mol. The fraction of sp³-hybridized carbons (Fsp3) is 1.00. The van der Waals surface area contributed by atoms with Crippen LogP contribution in [0.2, 0.25) is 0 Å². The van der Waals surface area contributed by atoms with Crippen molar-refractivity contribution in [1.29, 1.82) is 0 Å². The molecule has 0 bridgehead atoms. The molecule has 1 fully saturated rings. The number of hydrogen-bond acceptors (Lipinski definition) is 1. The number of rotatable bonds is 3. The van der Waals surface area contributed by atoms with Gasteiger partial charge in [-0.15, -0.1) is 0 Å². The van der Waals surface area contributed by atoms with Gasteiger partial charge < -0.3 is 5.11 Å².